The molecule has 2 aromatic carbocycles. The average Bonchev–Trinajstić information content (AvgIpc) is 3.46. The Hall–Kier alpha value is -3.75. The lowest BCUT2D eigenvalue weighted by Gasteiger charge is -2.16. The molecule has 0 saturated heterocycles. The zero-order chi connectivity index (χ0) is 26.0. The number of amides is 1. The molecule has 0 bridgehead atoms. The Balaban J connectivity index is 1.59. The Kier molecular flexibility index (Phi) is 7.10. The fourth-order valence-corrected chi connectivity index (χ4v) is 5.44. The Morgan fingerprint density at radius 1 is 1.31 bits per heavy atom. The summed E-state index contributed by atoms with van der Waals surface area (Å²) in [7, 11) is -0.773. The van der Waals surface area contributed by atoms with Crippen molar-refractivity contribution in [3.63, 3.8) is 0 Å². The maximum absolute atomic E-state index is 12.5. The number of ether oxygens (including phenoxy) is 1. The van der Waals surface area contributed by atoms with Crippen molar-refractivity contribution < 1.29 is 22.5 Å². The zero-order valence-corrected chi connectivity index (χ0v) is 21.3. The number of rotatable bonds is 8. The molecule has 10 nitrogen and oxygen atoms in total. The number of aromatic nitrogens is 2. The second kappa shape index (κ2) is 10.1. The van der Waals surface area contributed by atoms with Gasteiger partial charge in [0, 0.05) is 31.3 Å². The highest BCUT2D eigenvalue weighted by atomic mass is 32.2. The minimum Gasteiger partial charge on any atom is -0.490 e. The zero-order valence-electron chi connectivity index (χ0n) is 20.5. The van der Waals surface area contributed by atoms with Gasteiger partial charge in [0.25, 0.3) is 5.89 Å². The summed E-state index contributed by atoms with van der Waals surface area (Å²) < 4.78 is 38.9. The van der Waals surface area contributed by atoms with Crippen LogP contribution in [-0.4, -0.2) is 55.3 Å². The molecular weight excluding hydrogens is 482 g/mol. The third-order valence-electron chi connectivity index (χ3n) is 5.78. The number of carbonyl (C=O) groups excluding carboxylic acids is 1. The van der Waals surface area contributed by atoms with Crippen molar-refractivity contribution in [2.75, 3.05) is 19.8 Å². The molecule has 0 radical (unpaired) electrons. The quantitative estimate of drug-likeness (QED) is 0.489. The second-order valence-electron chi connectivity index (χ2n) is 9.04. The lowest BCUT2D eigenvalue weighted by atomic mass is 10.0. The molecule has 1 amide bonds. The molecule has 188 valence electrons. The Morgan fingerprint density at radius 3 is 2.78 bits per heavy atom. The third kappa shape index (κ3) is 5.40. The number of nitrogens with zero attached hydrogens (tertiary/aromatic N) is 4. The molecule has 3 aromatic rings. The first-order valence-corrected chi connectivity index (χ1v) is 13.1. The van der Waals surface area contributed by atoms with E-state index in [1.54, 1.807) is 18.2 Å². The first kappa shape index (κ1) is 25.3. The predicted octanol–water partition coefficient (Wildman–Crippen LogP) is 3.06. The molecule has 1 unspecified atom stereocenters. The number of sulfonamides is 1. The van der Waals surface area contributed by atoms with E-state index in [-0.39, 0.29) is 12.0 Å². The first-order chi connectivity index (χ1) is 17.1. The van der Waals surface area contributed by atoms with Crippen molar-refractivity contribution in [1.29, 1.82) is 5.26 Å². The molecule has 1 heterocycles. The third-order valence-corrected chi connectivity index (χ3v) is 7.05. The van der Waals surface area contributed by atoms with E-state index in [1.165, 1.54) is 19.0 Å². The summed E-state index contributed by atoms with van der Waals surface area (Å²) >= 11 is 0. The largest absolute Gasteiger partial charge is 0.490 e. The molecule has 0 saturated carbocycles. The topological polar surface area (TPSA) is 138 Å². The van der Waals surface area contributed by atoms with Crippen molar-refractivity contribution in [3.05, 3.63) is 53.1 Å². The van der Waals surface area contributed by atoms with Crippen LogP contribution < -0.4 is 9.46 Å². The van der Waals surface area contributed by atoms with Crippen molar-refractivity contribution in [3.8, 4) is 34.7 Å². The molecule has 1 N–H and O–H groups in total. The van der Waals surface area contributed by atoms with E-state index in [4.69, 9.17) is 9.26 Å². The SMILES string of the molecule is CC(C)Oc1ccc(-c2nc(-c3cccc4c3CCC4NS(=O)(=O)CC(=O)N(C)C)no2)cc1C#N. The van der Waals surface area contributed by atoms with Gasteiger partial charge >= 0.3 is 0 Å². The van der Waals surface area contributed by atoms with Gasteiger partial charge in [-0.15, -0.1) is 0 Å². The minimum atomic E-state index is -3.81. The molecule has 0 fully saturated rings. The van der Waals surface area contributed by atoms with E-state index in [0.717, 1.165) is 16.7 Å². The smallest absolute Gasteiger partial charge is 0.258 e. The number of benzene rings is 2. The van der Waals surface area contributed by atoms with Gasteiger partial charge in [0.1, 0.15) is 17.6 Å². The number of hydrogen-bond acceptors (Lipinski definition) is 8. The van der Waals surface area contributed by atoms with Gasteiger partial charge in [-0.2, -0.15) is 10.2 Å². The van der Waals surface area contributed by atoms with Crippen LogP contribution in [0.5, 0.6) is 5.75 Å². The van der Waals surface area contributed by atoms with Crippen LogP contribution in [0.2, 0.25) is 0 Å². The van der Waals surface area contributed by atoms with Crippen LogP contribution in [0.15, 0.2) is 40.9 Å². The molecule has 4 rings (SSSR count). The molecule has 0 spiro atoms. The van der Waals surface area contributed by atoms with Gasteiger partial charge in [-0.1, -0.05) is 23.4 Å². The monoisotopic (exact) mass is 509 g/mol. The summed E-state index contributed by atoms with van der Waals surface area (Å²) in [6.07, 6.45) is 1.10. The van der Waals surface area contributed by atoms with Gasteiger partial charge in [-0.05, 0) is 56.0 Å². The molecule has 11 heteroatoms. The van der Waals surface area contributed by atoms with Crippen LogP contribution in [0.1, 0.15) is 43.0 Å². The van der Waals surface area contributed by atoms with Crippen LogP contribution in [0.25, 0.3) is 22.8 Å². The van der Waals surface area contributed by atoms with E-state index in [0.29, 0.717) is 35.5 Å². The summed E-state index contributed by atoms with van der Waals surface area (Å²) in [5.41, 5.74) is 3.44. The fraction of sp³-hybridized carbons (Fsp3) is 0.360. The number of fused-ring (bicyclic) bond motifs is 1. The lowest BCUT2D eigenvalue weighted by molar-refractivity contribution is -0.125. The van der Waals surface area contributed by atoms with Gasteiger partial charge in [0.2, 0.25) is 21.8 Å². The maximum atomic E-state index is 12.5. The Bertz CT molecular complexity index is 1440. The van der Waals surface area contributed by atoms with Crippen LogP contribution in [0, 0.1) is 11.3 Å². The van der Waals surface area contributed by atoms with Crippen molar-refractivity contribution in [1.82, 2.24) is 19.8 Å². The van der Waals surface area contributed by atoms with Gasteiger partial charge in [-0.3, -0.25) is 4.79 Å². The van der Waals surface area contributed by atoms with Gasteiger partial charge < -0.3 is 14.2 Å². The number of nitrogens with one attached hydrogen (secondary N) is 1. The van der Waals surface area contributed by atoms with Crippen LogP contribution in [0.4, 0.5) is 0 Å². The summed E-state index contributed by atoms with van der Waals surface area (Å²) in [6, 6.07) is 12.3. The highest BCUT2D eigenvalue weighted by Gasteiger charge is 2.30. The van der Waals surface area contributed by atoms with E-state index in [1.807, 2.05) is 32.0 Å². The Labute approximate surface area is 209 Å². The van der Waals surface area contributed by atoms with E-state index in [9.17, 15) is 18.5 Å². The molecular formula is C25H27N5O5S. The van der Waals surface area contributed by atoms with E-state index in [2.05, 4.69) is 20.9 Å². The minimum absolute atomic E-state index is 0.0695. The molecule has 0 aliphatic heterocycles. The van der Waals surface area contributed by atoms with Crippen molar-refractivity contribution in [2.24, 2.45) is 0 Å². The second-order valence-corrected chi connectivity index (χ2v) is 10.8. The average molecular weight is 510 g/mol. The standard InChI is InChI=1S/C25H27N5O5S/c1-15(2)34-22-11-8-16(12-17(22)13-26)25-27-24(28-35-25)20-7-5-6-19-18(20)9-10-21(19)29-36(32,33)14-23(31)30(3)4/h5-8,11-12,15,21,29H,9-10,14H2,1-4H3. The maximum Gasteiger partial charge on any atom is 0.258 e. The highest BCUT2D eigenvalue weighted by Crippen LogP contribution is 2.38. The van der Waals surface area contributed by atoms with E-state index < -0.39 is 27.7 Å². The number of hydrogen-bond donors (Lipinski definition) is 1. The highest BCUT2D eigenvalue weighted by molar-refractivity contribution is 7.90. The normalized spacial score (nSPS) is 14.9. The van der Waals surface area contributed by atoms with Gasteiger partial charge in [-0.25, -0.2) is 13.1 Å². The first-order valence-electron chi connectivity index (χ1n) is 11.4. The van der Waals surface area contributed by atoms with Crippen molar-refractivity contribution >= 4 is 15.9 Å². The fourth-order valence-electron chi connectivity index (χ4n) is 4.09. The van der Waals surface area contributed by atoms with Gasteiger partial charge in [0.15, 0.2) is 0 Å². The molecule has 36 heavy (non-hydrogen) atoms. The summed E-state index contributed by atoms with van der Waals surface area (Å²) in [5.74, 6) is 0.0161. The van der Waals surface area contributed by atoms with Crippen molar-refractivity contribution in [2.45, 2.75) is 38.8 Å². The summed E-state index contributed by atoms with van der Waals surface area (Å²) in [4.78, 5) is 17.7. The van der Waals surface area contributed by atoms with Crippen LogP contribution in [0.3, 0.4) is 0 Å². The summed E-state index contributed by atoms with van der Waals surface area (Å²) in [6.45, 7) is 3.77. The van der Waals surface area contributed by atoms with Crippen LogP contribution >= 0.6 is 0 Å². The number of nitriles is 1. The van der Waals surface area contributed by atoms with Crippen LogP contribution in [-0.2, 0) is 21.2 Å². The lowest BCUT2D eigenvalue weighted by Crippen LogP contribution is -2.37. The molecule has 1 aliphatic carbocycles. The number of carbonyl (C=O) groups is 1. The Morgan fingerprint density at radius 2 is 2.08 bits per heavy atom. The molecule has 1 aliphatic rings. The molecule has 1 atom stereocenters. The molecule has 1 aromatic heterocycles. The van der Waals surface area contributed by atoms with Gasteiger partial charge in [0.05, 0.1) is 11.7 Å². The predicted molar refractivity (Wildman–Crippen MR) is 132 cm³/mol. The summed E-state index contributed by atoms with van der Waals surface area (Å²) in [5, 5.41) is 13.6. The van der Waals surface area contributed by atoms with E-state index >= 15 is 0 Å².